The van der Waals surface area contributed by atoms with Gasteiger partial charge in [-0.1, -0.05) is 23.7 Å². The molecule has 0 aliphatic rings. The van der Waals surface area contributed by atoms with Crippen LogP contribution in [-0.4, -0.2) is 22.3 Å². The minimum atomic E-state index is -0.921. The zero-order valence-corrected chi connectivity index (χ0v) is 9.11. The van der Waals surface area contributed by atoms with E-state index in [1.54, 1.807) is 31.2 Å². The van der Waals surface area contributed by atoms with Crippen molar-refractivity contribution < 1.29 is 15.0 Å². The second kappa shape index (κ2) is 5.14. The number of halogens is 1. The number of carboxylic acid groups (broad SMARTS) is 1. The van der Waals surface area contributed by atoms with Crippen LogP contribution in [0.4, 0.5) is 0 Å². The first kappa shape index (κ1) is 12.0. The highest BCUT2D eigenvalue weighted by molar-refractivity contribution is 6.30. The van der Waals surface area contributed by atoms with Gasteiger partial charge in [-0.15, -0.1) is 0 Å². The number of benzene rings is 1. The Balaban J connectivity index is 2.88. The van der Waals surface area contributed by atoms with Crippen molar-refractivity contribution in [1.29, 1.82) is 0 Å². The van der Waals surface area contributed by atoms with Crippen LogP contribution < -0.4 is 0 Å². The lowest BCUT2D eigenvalue weighted by Crippen LogP contribution is -2.18. The summed E-state index contributed by atoms with van der Waals surface area (Å²) in [6, 6.07) is 6.85. The van der Waals surface area contributed by atoms with Crippen molar-refractivity contribution >= 4 is 17.6 Å². The van der Waals surface area contributed by atoms with Gasteiger partial charge in [-0.3, -0.25) is 4.79 Å². The molecule has 2 unspecified atom stereocenters. The van der Waals surface area contributed by atoms with E-state index in [9.17, 15) is 9.90 Å². The van der Waals surface area contributed by atoms with Gasteiger partial charge < -0.3 is 10.2 Å². The van der Waals surface area contributed by atoms with E-state index in [2.05, 4.69) is 0 Å². The number of carboxylic acids is 1. The molecule has 2 N–H and O–H groups in total. The van der Waals surface area contributed by atoms with Crippen LogP contribution >= 0.6 is 11.6 Å². The fourth-order valence-corrected chi connectivity index (χ4v) is 1.59. The zero-order valence-electron chi connectivity index (χ0n) is 8.35. The van der Waals surface area contributed by atoms with Crippen molar-refractivity contribution in [3.05, 3.63) is 34.9 Å². The van der Waals surface area contributed by atoms with Crippen molar-refractivity contribution in [2.24, 2.45) is 0 Å². The highest BCUT2D eigenvalue weighted by Crippen LogP contribution is 2.24. The fraction of sp³-hybridized carbons (Fsp3) is 0.364. The summed E-state index contributed by atoms with van der Waals surface area (Å²) in [5.41, 5.74) is 0.789. The average Bonchev–Trinajstić information content (AvgIpc) is 2.15. The maximum absolute atomic E-state index is 10.6. The van der Waals surface area contributed by atoms with E-state index in [1.807, 2.05) is 0 Å². The van der Waals surface area contributed by atoms with E-state index in [0.29, 0.717) is 5.02 Å². The standard InChI is InChI=1S/C11H13ClO3/c1-7(13)10(6-11(14)15)8-2-4-9(12)5-3-8/h2-5,7,10,13H,6H2,1H3,(H,14,15). The molecule has 0 aliphatic heterocycles. The molecule has 0 saturated carbocycles. The molecule has 0 aliphatic carbocycles. The number of hydrogen-bond acceptors (Lipinski definition) is 2. The van der Waals surface area contributed by atoms with Crippen LogP contribution in [0.15, 0.2) is 24.3 Å². The Labute approximate surface area is 93.3 Å². The van der Waals surface area contributed by atoms with Crippen LogP contribution in [0.25, 0.3) is 0 Å². The van der Waals surface area contributed by atoms with E-state index >= 15 is 0 Å². The van der Waals surface area contributed by atoms with Crippen LogP contribution in [0.1, 0.15) is 24.8 Å². The second-order valence-electron chi connectivity index (χ2n) is 3.50. The molecule has 4 heteroatoms. The number of hydrogen-bond donors (Lipinski definition) is 2. The Hall–Kier alpha value is -1.06. The maximum atomic E-state index is 10.6. The van der Waals surface area contributed by atoms with Crippen molar-refractivity contribution in [1.82, 2.24) is 0 Å². The predicted octanol–water partition coefficient (Wildman–Crippen LogP) is 2.28. The predicted molar refractivity (Wildman–Crippen MR) is 58.1 cm³/mol. The first-order valence-corrected chi connectivity index (χ1v) is 5.04. The van der Waals surface area contributed by atoms with Crippen molar-refractivity contribution in [3.63, 3.8) is 0 Å². The molecule has 15 heavy (non-hydrogen) atoms. The highest BCUT2D eigenvalue weighted by Gasteiger charge is 2.20. The fourth-order valence-electron chi connectivity index (χ4n) is 1.47. The van der Waals surface area contributed by atoms with Crippen molar-refractivity contribution in [2.45, 2.75) is 25.4 Å². The summed E-state index contributed by atoms with van der Waals surface area (Å²) >= 11 is 5.72. The van der Waals surface area contributed by atoms with Gasteiger partial charge in [0, 0.05) is 10.9 Å². The van der Waals surface area contributed by atoms with Gasteiger partial charge in [0.05, 0.1) is 12.5 Å². The quantitative estimate of drug-likeness (QED) is 0.831. The van der Waals surface area contributed by atoms with Gasteiger partial charge in [-0.25, -0.2) is 0 Å². The molecule has 0 radical (unpaired) electrons. The van der Waals surface area contributed by atoms with Gasteiger partial charge in [0.15, 0.2) is 0 Å². The molecule has 0 fully saturated rings. The van der Waals surface area contributed by atoms with E-state index in [1.165, 1.54) is 0 Å². The number of rotatable bonds is 4. The normalized spacial score (nSPS) is 14.6. The van der Waals surface area contributed by atoms with Crippen LogP contribution in [0.3, 0.4) is 0 Å². The minimum Gasteiger partial charge on any atom is -0.481 e. The molecule has 1 aromatic carbocycles. The van der Waals surface area contributed by atoms with E-state index < -0.39 is 12.1 Å². The van der Waals surface area contributed by atoms with Crippen molar-refractivity contribution in [3.8, 4) is 0 Å². The molecule has 2 atom stereocenters. The second-order valence-corrected chi connectivity index (χ2v) is 3.93. The average molecular weight is 229 g/mol. The molecule has 0 heterocycles. The molecular weight excluding hydrogens is 216 g/mol. The number of aliphatic carboxylic acids is 1. The summed E-state index contributed by atoms with van der Waals surface area (Å²) in [7, 11) is 0. The monoisotopic (exact) mass is 228 g/mol. The summed E-state index contributed by atoms with van der Waals surface area (Å²) < 4.78 is 0. The molecule has 0 saturated heterocycles. The Morgan fingerprint density at radius 3 is 2.33 bits per heavy atom. The van der Waals surface area contributed by atoms with Crippen LogP contribution in [0.2, 0.25) is 5.02 Å². The molecule has 0 bridgehead atoms. The largest absolute Gasteiger partial charge is 0.481 e. The molecule has 3 nitrogen and oxygen atoms in total. The zero-order chi connectivity index (χ0) is 11.4. The van der Waals surface area contributed by atoms with Gasteiger partial charge in [-0.2, -0.15) is 0 Å². The van der Waals surface area contributed by atoms with Gasteiger partial charge in [0.1, 0.15) is 0 Å². The molecule has 0 spiro atoms. The minimum absolute atomic E-state index is 0.0840. The molecule has 0 aromatic heterocycles. The Kier molecular flexibility index (Phi) is 4.12. The number of aliphatic hydroxyl groups is 1. The first-order chi connectivity index (χ1) is 7.00. The SMILES string of the molecule is CC(O)C(CC(=O)O)c1ccc(Cl)cc1. The third-order valence-electron chi connectivity index (χ3n) is 2.28. The molecule has 1 aromatic rings. The summed E-state index contributed by atoms with van der Waals surface area (Å²) in [5.74, 6) is -1.31. The van der Waals surface area contributed by atoms with Crippen molar-refractivity contribution in [2.75, 3.05) is 0 Å². The Bertz CT molecular complexity index is 332. The first-order valence-electron chi connectivity index (χ1n) is 4.66. The third kappa shape index (κ3) is 3.53. The maximum Gasteiger partial charge on any atom is 0.304 e. The molecule has 82 valence electrons. The lowest BCUT2D eigenvalue weighted by molar-refractivity contribution is -0.138. The van der Waals surface area contributed by atoms with Crippen LogP contribution in [-0.2, 0) is 4.79 Å². The van der Waals surface area contributed by atoms with Gasteiger partial charge in [-0.05, 0) is 24.6 Å². The van der Waals surface area contributed by atoms with E-state index in [-0.39, 0.29) is 12.3 Å². The Morgan fingerprint density at radius 1 is 1.40 bits per heavy atom. The number of carbonyl (C=O) groups is 1. The third-order valence-corrected chi connectivity index (χ3v) is 2.53. The summed E-state index contributed by atoms with van der Waals surface area (Å²) in [4.78, 5) is 10.6. The lowest BCUT2D eigenvalue weighted by atomic mass is 9.91. The summed E-state index contributed by atoms with van der Waals surface area (Å²) in [5, 5.41) is 18.8. The summed E-state index contributed by atoms with van der Waals surface area (Å²) in [6.45, 7) is 1.59. The van der Waals surface area contributed by atoms with Crippen LogP contribution in [0.5, 0.6) is 0 Å². The van der Waals surface area contributed by atoms with Gasteiger partial charge >= 0.3 is 5.97 Å². The Morgan fingerprint density at radius 2 is 1.93 bits per heavy atom. The van der Waals surface area contributed by atoms with E-state index in [0.717, 1.165) is 5.56 Å². The van der Waals surface area contributed by atoms with Gasteiger partial charge in [0.25, 0.3) is 0 Å². The number of aliphatic hydroxyl groups excluding tert-OH is 1. The van der Waals surface area contributed by atoms with Gasteiger partial charge in [0.2, 0.25) is 0 Å². The van der Waals surface area contributed by atoms with E-state index in [4.69, 9.17) is 16.7 Å². The molecule has 1 rings (SSSR count). The molecular formula is C11H13ClO3. The summed E-state index contributed by atoms with van der Waals surface area (Å²) in [6.07, 6.45) is -0.776. The highest BCUT2D eigenvalue weighted by atomic mass is 35.5. The molecule has 0 amide bonds. The smallest absolute Gasteiger partial charge is 0.304 e. The topological polar surface area (TPSA) is 57.5 Å². The lowest BCUT2D eigenvalue weighted by Gasteiger charge is -2.18. The van der Waals surface area contributed by atoms with Crippen LogP contribution in [0, 0.1) is 0 Å².